The van der Waals surface area contributed by atoms with Crippen LogP contribution in [0.25, 0.3) is 0 Å². The number of nitrogens with zero attached hydrogens (tertiary/aromatic N) is 3. The van der Waals surface area contributed by atoms with Crippen molar-refractivity contribution in [2.45, 2.75) is 45.6 Å². The van der Waals surface area contributed by atoms with Gasteiger partial charge in [0.15, 0.2) is 5.96 Å². The maximum Gasteiger partial charge on any atom is 0.225 e. The average molecular weight is 406 g/mol. The van der Waals surface area contributed by atoms with Crippen LogP contribution in [0.4, 0.5) is 0 Å². The molecule has 1 aliphatic heterocycles. The second-order valence-electron chi connectivity index (χ2n) is 8.06. The Kier molecular flexibility index (Phi) is 7.73. The summed E-state index contributed by atoms with van der Waals surface area (Å²) in [4.78, 5) is 24.0. The number of thiophene rings is 1. The second kappa shape index (κ2) is 10.3. The third-order valence-electron chi connectivity index (χ3n) is 5.77. The zero-order valence-corrected chi connectivity index (χ0v) is 18.4. The van der Waals surface area contributed by atoms with Gasteiger partial charge >= 0.3 is 0 Å². The first-order chi connectivity index (χ1) is 13.5. The summed E-state index contributed by atoms with van der Waals surface area (Å²) in [6.07, 6.45) is 4.43. The van der Waals surface area contributed by atoms with E-state index in [9.17, 15) is 4.79 Å². The molecule has 2 heterocycles. The number of aryl methyl sites for hydroxylation is 1. The molecule has 2 aliphatic rings. The van der Waals surface area contributed by atoms with E-state index >= 15 is 0 Å². The summed E-state index contributed by atoms with van der Waals surface area (Å²) in [5.74, 6) is 1.57. The fourth-order valence-electron chi connectivity index (χ4n) is 3.81. The summed E-state index contributed by atoms with van der Waals surface area (Å²) in [5.41, 5.74) is 0. The standard InChI is InChI=1S/C21H35N5OS/c1-16(15-19-8-7-17(2)28-19)24-21(22-3)23-9-10-25-11-13-26(14-12-25)20(27)18-5-4-6-18/h7-8,16,18H,4-6,9-15H2,1-3H3,(H2,22,23,24). The molecule has 1 aromatic rings. The van der Waals surface area contributed by atoms with Crippen LogP contribution in [0.2, 0.25) is 0 Å². The first-order valence-electron chi connectivity index (χ1n) is 10.6. The zero-order chi connectivity index (χ0) is 19.9. The molecule has 2 fully saturated rings. The monoisotopic (exact) mass is 405 g/mol. The van der Waals surface area contributed by atoms with Gasteiger partial charge in [0.2, 0.25) is 5.91 Å². The highest BCUT2D eigenvalue weighted by atomic mass is 32.1. The van der Waals surface area contributed by atoms with E-state index in [1.54, 1.807) is 0 Å². The van der Waals surface area contributed by atoms with Gasteiger partial charge in [-0.15, -0.1) is 11.3 Å². The number of nitrogens with one attached hydrogen (secondary N) is 2. The fourth-order valence-corrected chi connectivity index (χ4v) is 4.83. The van der Waals surface area contributed by atoms with E-state index in [4.69, 9.17) is 0 Å². The van der Waals surface area contributed by atoms with Crippen LogP contribution in [0.3, 0.4) is 0 Å². The largest absolute Gasteiger partial charge is 0.355 e. The molecule has 1 saturated carbocycles. The Labute approximate surface area is 173 Å². The number of hydrogen-bond acceptors (Lipinski definition) is 4. The second-order valence-corrected chi connectivity index (χ2v) is 9.43. The van der Waals surface area contributed by atoms with E-state index in [0.29, 0.717) is 17.9 Å². The summed E-state index contributed by atoms with van der Waals surface area (Å²) in [7, 11) is 1.82. The molecule has 7 heteroatoms. The molecule has 1 aliphatic carbocycles. The molecule has 1 amide bonds. The van der Waals surface area contributed by atoms with Crippen LogP contribution in [0, 0.1) is 12.8 Å². The summed E-state index contributed by atoms with van der Waals surface area (Å²) in [5, 5.41) is 6.91. The molecule has 1 aromatic heterocycles. The first-order valence-corrected chi connectivity index (χ1v) is 11.4. The SMILES string of the molecule is CN=C(NCCN1CCN(C(=O)C2CCC2)CC1)NC(C)Cc1ccc(C)s1. The van der Waals surface area contributed by atoms with Crippen LogP contribution in [0.15, 0.2) is 17.1 Å². The van der Waals surface area contributed by atoms with Gasteiger partial charge in [-0.3, -0.25) is 14.7 Å². The molecule has 0 spiro atoms. The molecule has 156 valence electrons. The van der Waals surface area contributed by atoms with Crippen LogP contribution in [0.1, 0.15) is 35.9 Å². The van der Waals surface area contributed by atoms with Crippen molar-refractivity contribution >= 4 is 23.2 Å². The minimum Gasteiger partial charge on any atom is -0.355 e. The smallest absolute Gasteiger partial charge is 0.225 e. The third kappa shape index (κ3) is 5.95. The van der Waals surface area contributed by atoms with Crippen molar-refractivity contribution in [3.8, 4) is 0 Å². The number of guanidine groups is 1. The number of hydrogen-bond donors (Lipinski definition) is 2. The van der Waals surface area contributed by atoms with Crippen LogP contribution in [0.5, 0.6) is 0 Å². The Hall–Kier alpha value is -1.60. The topological polar surface area (TPSA) is 60.0 Å². The quantitative estimate of drug-likeness (QED) is 0.539. The van der Waals surface area contributed by atoms with Crippen molar-refractivity contribution in [3.05, 3.63) is 21.9 Å². The maximum atomic E-state index is 12.3. The highest BCUT2D eigenvalue weighted by Crippen LogP contribution is 2.28. The highest BCUT2D eigenvalue weighted by Gasteiger charge is 2.30. The van der Waals surface area contributed by atoms with Crippen molar-refractivity contribution in [2.75, 3.05) is 46.3 Å². The molecule has 2 N–H and O–H groups in total. The van der Waals surface area contributed by atoms with Crippen molar-refractivity contribution < 1.29 is 4.79 Å². The van der Waals surface area contributed by atoms with Gasteiger partial charge in [0.1, 0.15) is 0 Å². The summed E-state index contributed by atoms with van der Waals surface area (Å²) in [6.45, 7) is 9.88. The van der Waals surface area contributed by atoms with Crippen molar-refractivity contribution in [2.24, 2.45) is 10.9 Å². The van der Waals surface area contributed by atoms with Crippen LogP contribution < -0.4 is 10.6 Å². The van der Waals surface area contributed by atoms with Gasteiger partial charge in [-0.05, 0) is 38.8 Å². The molecule has 1 saturated heterocycles. The Morgan fingerprint density at radius 2 is 2.04 bits per heavy atom. The van der Waals surface area contributed by atoms with E-state index in [2.05, 4.69) is 51.4 Å². The van der Waals surface area contributed by atoms with E-state index in [0.717, 1.165) is 64.5 Å². The van der Waals surface area contributed by atoms with Crippen LogP contribution >= 0.6 is 11.3 Å². The van der Waals surface area contributed by atoms with Crippen LogP contribution in [-0.2, 0) is 11.2 Å². The Balaban J connectivity index is 1.31. The molecule has 6 nitrogen and oxygen atoms in total. The zero-order valence-electron chi connectivity index (χ0n) is 17.5. The summed E-state index contributed by atoms with van der Waals surface area (Å²) < 4.78 is 0. The molecular formula is C21H35N5OS. The molecule has 28 heavy (non-hydrogen) atoms. The number of amides is 1. The molecule has 1 unspecified atom stereocenters. The minimum atomic E-state index is 0.322. The van der Waals surface area contributed by atoms with Gasteiger partial charge < -0.3 is 15.5 Å². The van der Waals surface area contributed by atoms with E-state index in [1.807, 2.05) is 18.4 Å². The van der Waals surface area contributed by atoms with Gasteiger partial charge in [0, 0.05) is 74.5 Å². The van der Waals surface area contributed by atoms with E-state index in [-0.39, 0.29) is 0 Å². The number of piperazine rings is 1. The van der Waals surface area contributed by atoms with Gasteiger partial charge in [-0.1, -0.05) is 6.42 Å². The predicted molar refractivity (Wildman–Crippen MR) is 117 cm³/mol. The van der Waals surface area contributed by atoms with E-state index in [1.165, 1.54) is 16.2 Å². The number of aliphatic imine (C=N–C) groups is 1. The lowest BCUT2D eigenvalue weighted by Crippen LogP contribution is -2.52. The van der Waals surface area contributed by atoms with E-state index < -0.39 is 0 Å². The minimum absolute atomic E-state index is 0.322. The molecule has 3 rings (SSSR count). The van der Waals surface area contributed by atoms with Crippen molar-refractivity contribution in [1.82, 2.24) is 20.4 Å². The lowest BCUT2D eigenvalue weighted by molar-refractivity contribution is -0.139. The molecule has 0 bridgehead atoms. The number of carbonyl (C=O) groups is 1. The van der Waals surface area contributed by atoms with Gasteiger partial charge in [0.25, 0.3) is 0 Å². The van der Waals surface area contributed by atoms with Gasteiger partial charge in [0.05, 0.1) is 0 Å². The highest BCUT2D eigenvalue weighted by molar-refractivity contribution is 7.11. The molecule has 0 aromatic carbocycles. The summed E-state index contributed by atoms with van der Waals surface area (Å²) >= 11 is 1.86. The van der Waals surface area contributed by atoms with Gasteiger partial charge in [-0.25, -0.2) is 0 Å². The van der Waals surface area contributed by atoms with Gasteiger partial charge in [-0.2, -0.15) is 0 Å². The molecular weight excluding hydrogens is 370 g/mol. The van der Waals surface area contributed by atoms with Crippen molar-refractivity contribution in [3.63, 3.8) is 0 Å². The lowest BCUT2D eigenvalue weighted by atomic mass is 9.84. The summed E-state index contributed by atoms with van der Waals surface area (Å²) in [6, 6.07) is 4.73. The lowest BCUT2D eigenvalue weighted by Gasteiger charge is -2.38. The van der Waals surface area contributed by atoms with Crippen LogP contribution in [-0.4, -0.2) is 74.0 Å². The predicted octanol–water partition coefficient (Wildman–Crippen LogP) is 2.10. The normalized spacial score (nSPS) is 20.0. The molecule has 0 radical (unpaired) electrons. The maximum absolute atomic E-state index is 12.3. The Morgan fingerprint density at radius 3 is 2.61 bits per heavy atom. The van der Waals surface area contributed by atoms with Crippen molar-refractivity contribution in [1.29, 1.82) is 0 Å². The number of carbonyl (C=O) groups excluding carboxylic acids is 1. The Morgan fingerprint density at radius 1 is 1.29 bits per heavy atom. The Bertz CT molecular complexity index is 662. The first kappa shape index (κ1) is 21.1. The third-order valence-corrected chi connectivity index (χ3v) is 6.79. The number of rotatable bonds is 7. The molecule has 1 atom stereocenters. The fraction of sp³-hybridized carbons (Fsp3) is 0.714. The average Bonchev–Trinajstić information content (AvgIpc) is 3.04.